The first-order valence-electron chi connectivity index (χ1n) is 6.49. The van der Waals surface area contributed by atoms with Crippen molar-refractivity contribution in [3.05, 3.63) is 29.5 Å². The highest BCUT2D eigenvalue weighted by Gasteiger charge is 2.25. The van der Waals surface area contributed by atoms with Crippen molar-refractivity contribution in [2.75, 3.05) is 0 Å². The maximum Gasteiger partial charge on any atom is 0.289 e. The van der Waals surface area contributed by atoms with Crippen LogP contribution in [-0.4, -0.2) is 25.7 Å². The van der Waals surface area contributed by atoms with Crippen molar-refractivity contribution in [2.24, 2.45) is 13.0 Å². The molecule has 2 heterocycles. The van der Waals surface area contributed by atoms with Gasteiger partial charge in [-0.25, -0.2) is 9.97 Å². The van der Waals surface area contributed by atoms with Gasteiger partial charge in [0.2, 0.25) is 5.76 Å². The van der Waals surface area contributed by atoms with Gasteiger partial charge in [0.05, 0.1) is 11.7 Å². The molecule has 2 aromatic heterocycles. The summed E-state index contributed by atoms with van der Waals surface area (Å²) in [7, 11) is 1.80. The number of carbonyl (C=O) groups excluding carboxylic acids is 1. The van der Waals surface area contributed by atoms with Crippen LogP contribution in [-0.2, 0) is 7.05 Å². The highest BCUT2D eigenvalue weighted by Crippen LogP contribution is 2.20. The van der Waals surface area contributed by atoms with E-state index in [0.717, 1.165) is 0 Å². The van der Waals surface area contributed by atoms with Crippen LogP contribution in [0.2, 0.25) is 0 Å². The van der Waals surface area contributed by atoms with Gasteiger partial charge in [-0.3, -0.25) is 9.48 Å². The minimum atomic E-state index is -0.287. The third-order valence-electron chi connectivity index (χ3n) is 3.09. The zero-order valence-electron chi connectivity index (χ0n) is 12.3. The van der Waals surface area contributed by atoms with E-state index in [1.807, 2.05) is 13.8 Å². The summed E-state index contributed by atoms with van der Waals surface area (Å²) in [5, 5.41) is 6.97. The second-order valence-corrected chi connectivity index (χ2v) is 5.08. The number of carbonyl (C=O) groups is 1. The number of aromatic nitrogens is 4. The Morgan fingerprint density at radius 1 is 1.40 bits per heavy atom. The number of nitrogens with zero attached hydrogens (tertiary/aromatic N) is 4. The number of rotatable bonds is 4. The first-order valence-corrected chi connectivity index (χ1v) is 6.49. The minimum Gasteiger partial charge on any atom is -0.436 e. The quantitative estimate of drug-likeness (QED) is 0.916. The third-order valence-corrected chi connectivity index (χ3v) is 3.09. The molecule has 2 rings (SSSR count). The predicted octanol–water partition coefficient (Wildman–Crippen LogP) is 1.55. The number of oxazole rings is 1. The van der Waals surface area contributed by atoms with Gasteiger partial charge in [-0.05, 0) is 12.8 Å². The lowest BCUT2D eigenvalue weighted by atomic mass is 10.0. The molecule has 0 aliphatic carbocycles. The fourth-order valence-corrected chi connectivity index (χ4v) is 2.06. The summed E-state index contributed by atoms with van der Waals surface area (Å²) >= 11 is 0. The van der Waals surface area contributed by atoms with Gasteiger partial charge in [0.1, 0.15) is 12.2 Å². The van der Waals surface area contributed by atoms with E-state index in [9.17, 15) is 4.79 Å². The van der Waals surface area contributed by atoms with E-state index in [1.165, 1.54) is 6.33 Å². The van der Waals surface area contributed by atoms with Crippen LogP contribution in [0.3, 0.4) is 0 Å². The summed E-state index contributed by atoms with van der Waals surface area (Å²) in [4.78, 5) is 20.6. The molecule has 1 atom stereocenters. The lowest BCUT2D eigenvalue weighted by Gasteiger charge is -2.20. The van der Waals surface area contributed by atoms with E-state index in [2.05, 4.69) is 20.4 Å². The number of hydrogen-bond donors (Lipinski definition) is 1. The summed E-state index contributed by atoms with van der Waals surface area (Å²) < 4.78 is 6.99. The van der Waals surface area contributed by atoms with Gasteiger partial charge in [-0.15, -0.1) is 0 Å². The van der Waals surface area contributed by atoms with Crippen molar-refractivity contribution < 1.29 is 9.21 Å². The first-order chi connectivity index (χ1) is 9.40. The van der Waals surface area contributed by atoms with Crippen LogP contribution in [0.4, 0.5) is 0 Å². The van der Waals surface area contributed by atoms with Crippen LogP contribution in [0.5, 0.6) is 0 Å². The monoisotopic (exact) mass is 277 g/mol. The summed E-state index contributed by atoms with van der Waals surface area (Å²) in [5.74, 6) is 1.32. The molecule has 0 radical (unpaired) electrons. The normalized spacial score (nSPS) is 12.7. The van der Waals surface area contributed by atoms with Crippen molar-refractivity contribution in [1.82, 2.24) is 25.1 Å². The van der Waals surface area contributed by atoms with Crippen LogP contribution in [0, 0.1) is 19.8 Å². The molecule has 0 bridgehead atoms. The molecular weight excluding hydrogens is 258 g/mol. The van der Waals surface area contributed by atoms with Gasteiger partial charge in [0, 0.05) is 14.0 Å². The molecule has 0 aliphatic heterocycles. The van der Waals surface area contributed by atoms with E-state index in [1.54, 1.807) is 25.6 Å². The van der Waals surface area contributed by atoms with E-state index >= 15 is 0 Å². The topological polar surface area (TPSA) is 85.8 Å². The van der Waals surface area contributed by atoms with Crippen LogP contribution in [0.25, 0.3) is 0 Å². The van der Waals surface area contributed by atoms with E-state index in [4.69, 9.17) is 4.42 Å². The van der Waals surface area contributed by atoms with Crippen molar-refractivity contribution in [2.45, 2.75) is 33.7 Å². The summed E-state index contributed by atoms with van der Waals surface area (Å²) in [5.41, 5.74) is 0.584. The van der Waals surface area contributed by atoms with Gasteiger partial charge in [0.25, 0.3) is 5.91 Å². The minimum absolute atomic E-state index is 0.172. The van der Waals surface area contributed by atoms with Crippen molar-refractivity contribution >= 4 is 5.91 Å². The first kappa shape index (κ1) is 14.2. The molecule has 20 heavy (non-hydrogen) atoms. The Bertz CT molecular complexity index is 614. The molecule has 7 nitrogen and oxygen atoms in total. The molecule has 2 aromatic rings. The molecule has 0 aliphatic rings. The predicted molar refractivity (Wildman–Crippen MR) is 72.0 cm³/mol. The van der Waals surface area contributed by atoms with E-state index in [-0.39, 0.29) is 23.6 Å². The molecule has 0 fully saturated rings. The standard InChI is InChI=1S/C13H19N5O2/c1-7(2)10(12-14-6-15-18(12)5)17-13(19)11-8(3)16-9(4)20-11/h6-7,10H,1-5H3,(H,17,19). The van der Waals surface area contributed by atoms with Crippen LogP contribution in [0.15, 0.2) is 10.7 Å². The molecule has 1 unspecified atom stereocenters. The van der Waals surface area contributed by atoms with Gasteiger partial charge in [-0.2, -0.15) is 5.10 Å². The molecule has 108 valence electrons. The fraction of sp³-hybridized carbons (Fsp3) is 0.538. The largest absolute Gasteiger partial charge is 0.436 e. The maximum atomic E-state index is 12.3. The van der Waals surface area contributed by atoms with Crippen LogP contribution >= 0.6 is 0 Å². The molecule has 1 N–H and O–H groups in total. The van der Waals surface area contributed by atoms with Crippen molar-refractivity contribution in [3.63, 3.8) is 0 Å². The number of nitrogens with one attached hydrogen (secondary N) is 1. The molecule has 0 saturated carbocycles. The van der Waals surface area contributed by atoms with Gasteiger partial charge in [-0.1, -0.05) is 13.8 Å². The molecule has 0 aromatic carbocycles. The van der Waals surface area contributed by atoms with Gasteiger partial charge in [0.15, 0.2) is 5.89 Å². The Labute approximate surface area is 117 Å². The van der Waals surface area contributed by atoms with Gasteiger partial charge < -0.3 is 9.73 Å². The molecule has 0 saturated heterocycles. The number of aryl methyl sites for hydroxylation is 3. The fourth-order valence-electron chi connectivity index (χ4n) is 2.06. The Balaban J connectivity index is 2.23. The highest BCUT2D eigenvalue weighted by molar-refractivity contribution is 5.92. The SMILES string of the molecule is Cc1nc(C)c(C(=O)NC(c2ncnn2C)C(C)C)o1. The Hall–Kier alpha value is -2.18. The summed E-state index contributed by atoms with van der Waals surface area (Å²) in [6.07, 6.45) is 1.47. The second-order valence-electron chi connectivity index (χ2n) is 5.08. The summed E-state index contributed by atoms with van der Waals surface area (Å²) in [6, 6.07) is -0.236. The zero-order valence-corrected chi connectivity index (χ0v) is 12.3. The Kier molecular flexibility index (Phi) is 3.87. The smallest absolute Gasteiger partial charge is 0.289 e. The zero-order chi connectivity index (χ0) is 14.9. The molecule has 0 spiro atoms. The number of hydrogen-bond acceptors (Lipinski definition) is 5. The Morgan fingerprint density at radius 2 is 2.10 bits per heavy atom. The van der Waals surface area contributed by atoms with Crippen molar-refractivity contribution in [3.8, 4) is 0 Å². The lowest BCUT2D eigenvalue weighted by molar-refractivity contribution is 0.0891. The molecular formula is C13H19N5O2. The second kappa shape index (κ2) is 5.44. The van der Waals surface area contributed by atoms with Gasteiger partial charge >= 0.3 is 0 Å². The highest BCUT2D eigenvalue weighted by atomic mass is 16.4. The third kappa shape index (κ3) is 2.71. The van der Waals surface area contributed by atoms with E-state index in [0.29, 0.717) is 17.4 Å². The van der Waals surface area contributed by atoms with E-state index < -0.39 is 0 Å². The maximum absolute atomic E-state index is 12.3. The lowest BCUT2D eigenvalue weighted by Crippen LogP contribution is -2.33. The molecule has 1 amide bonds. The number of amides is 1. The average molecular weight is 277 g/mol. The van der Waals surface area contributed by atoms with Crippen LogP contribution < -0.4 is 5.32 Å². The molecule has 7 heteroatoms. The van der Waals surface area contributed by atoms with Crippen LogP contribution in [0.1, 0.15) is 47.9 Å². The summed E-state index contributed by atoms with van der Waals surface area (Å²) in [6.45, 7) is 7.49. The average Bonchev–Trinajstić information content (AvgIpc) is 2.91. The van der Waals surface area contributed by atoms with Crippen molar-refractivity contribution in [1.29, 1.82) is 0 Å². The Morgan fingerprint density at radius 3 is 2.55 bits per heavy atom.